The molecule has 0 radical (unpaired) electrons. The SMILES string of the molecule is O=C[C@H](O)[C@@H](O)[C@](O)(CO)[C@H]1O[C@H](CO)[C@@H](O)[C@H](O)[C@H]1O. The standard InChI is InChI=1S/C11H20O10/c12-1-4(15)9(19)11(20,3-14)10-8(18)7(17)6(16)5(2-13)21-10/h1,4-10,13-20H,2-3H2/t4-,5+,6+,7-,8+,9+,10-,11+/m0/s1. The lowest BCUT2D eigenvalue weighted by Crippen LogP contribution is -2.70. The molecule has 1 saturated heterocycles. The summed E-state index contributed by atoms with van der Waals surface area (Å²) in [5.74, 6) is 0. The molecule has 8 N–H and O–H groups in total. The molecule has 0 amide bonds. The molecule has 8 atom stereocenters. The maximum absolute atomic E-state index is 10.5. The number of carbonyl (C=O) groups excluding carboxylic acids is 1. The predicted octanol–water partition coefficient (Wildman–Crippen LogP) is -5.53. The third-order valence-electron chi connectivity index (χ3n) is 3.61. The first-order valence-electron chi connectivity index (χ1n) is 6.19. The quantitative estimate of drug-likeness (QED) is 0.220. The van der Waals surface area contributed by atoms with Gasteiger partial charge < -0.3 is 50.4 Å². The molecule has 0 bridgehead atoms. The van der Waals surface area contributed by atoms with Gasteiger partial charge in [0.25, 0.3) is 0 Å². The van der Waals surface area contributed by atoms with Crippen molar-refractivity contribution in [1.29, 1.82) is 0 Å². The second-order valence-electron chi connectivity index (χ2n) is 4.97. The zero-order chi connectivity index (χ0) is 16.4. The van der Waals surface area contributed by atoms with Crippen molar-refractivity contribution in [3.05, 3.63) is 0 Å². The average Bonchev–Trinajstić information content (AvgIpc) is 2.50. The van der Waals surface area contributed by atoms with E-state index in [0.717, 1.165) is 0 Å². The van der Waals surface area contributed by atoms with E-state index in [9.17, 15) is 40.5 Å². The largest absolute Gasteiger partial charge is 0.394 e. The Morgan fingerprint density at radius 2 is 1.67 bits per heavy atom. The number of carbonyl (C=O) groups is 1. The molecule has 10 heteroatoms. The Morgan fingerprint density at radius 3 is 2.10 bits per heavy atom. The Hall–Kier alpha value is -0.690. The van der Waals surface area contributed by atoms with Gasteiger partial charge in [-0.2, -0.15) is 0 Å². The summed E-state index contributed by atoms with van der Waals surface area (Å²) in [7, 11) is 0. The number of ether oxygens (including phenoxy) is 1. The van der Waals surface area contributed by atoms with Crippen molar-refractivity contribution in [2.75, 3.05) is 13.2 Å². The van der Waals surface area contributed by atoms with Crippen LogP contribution in [0.25, 0.3) is 0 Å². The number of hydrogen-bond acceptors (Lipinski definition) is 10. The first-order chi connectivity index (χ1) is 9.74. The minimum absolute atomic E-state index is 0.102. The first-order valence-corrected chi connectivity index (χ1v) is 6.19. The summed E-state index contributed by atoms with van der Waals surface area (Å²) in [6.45, 7) is -2.02. The molecule has 1 aliphatic heterocycles. The van der Waals surface area contributed by atoms with Gasteiger partial charge in [-0.3, -0.25) is 0 Å². The highest BCUT2D eigenvalue weighted by atomic mass is 16.6. The van der Waals surface area contributed by atoms with E-state index >= 15 is 0 Å². The van der Waals surface area contributed by atoms with Crippen LogP contribution in [0.5, 0.6) is 0 Å². The van der Waals surface area contributed by atoms with Crippen molar-refractivity contribution in [3.8, 4) is 0 Å². The number of rotatable bonds is 6. The summed E-state index contributed by atoms with van der Waals surface area (Å²) in [4.78, 5) is 10.5. The van der Waals surface area contributed by atoms with Gasteiger partial charge in [0.05, 0.1) is 13.2 Å². The number of hydrogen-bond donors (Lipinski definition) is 8. The molecule has 10 nitrogen and oxygen atoms in total. The molecule has 1 aliphatic rings. The maximum Gasteiger partial charge on any atom is 0.151 e. The Kier molecular flexibility index (Phi) is 6.16. The van der Waals surface area contributed by atoms with Crippen molar-refractivity contribution < 1.29 is 50.4 Å². The molecular formula is C11H20O10. The molecule has 0 saturated carbocycles. The van der Waals surface area contributed by atoms with Crippen LogP contribution in [0.3, 0.4) is 0 Å². The zero-order valence-electron chi connectivity index (χ0n) is 10.9. The molecule has 0 unspecified atom stereocenters. The predicted molar refractivity (Wildman–Crippen MR) is 63.9 cm³/mol. The lowest BCUT2D eigenvalue weighted by molar-refractivity contribution is -0.295. The second kappa shape index (κ2) is 7.05. The normalized spacial score (nSPS) is 39.3. The van der Waals surface area contributed by atoms with E-state index < -0.39 is 61.5 Å². The fraction of sp³-hybridized carbons (Fsp3) is 0.909. The van der Waals surface area contributed by atoms with Gasteiger partial charge in [0.1, 0.15) is 48.3 Å². The van der Waals surface area contributed by atoms with E-state index in [1.54, 1.807) is 0 Å². The molecule has 0 aromatic carbocycles. The van der Waals surface area contributed by atoms with Crippen LogP contribution in [0.1, 0.15) is 0 Å². The molecule has 0 aromatic heterocycles. The van der Waals surface area contributed by atoms with Crippen LogP contribution in [0.2, 0.25) is 0 Å². The topological polar surface area (TPSA) is 188 Å². The molecule has 0 aliphatic carbocycles. The highest BCUT2D eigenvalue weighted by molar-refractivity contribution is 5.57. The van der Waals surface area contributed by atoms with Gasteiger partial charge in [-0.15, -0.1) is 0 Å². The summed E-state index contributed by atoms with van der Waals surface area (Å²) in [5.41, 5.74) is -2.71. The van der Waals surface area contributed by atoms with E-state index in [2.05, 4.69) is 0 Å². The molecule has 1 heterocycles. The summed E-state index contributed by atoms with van der Waals surface area (Å²) < 4.78 is 5.00. The number of aldehydes is 1. The summed E-state index contributed by atoms with van der Waals surface area (Å²) in [6.07, 6.45) is -13.2. The lowest BCUT2D eigenvalue weighted by atomic mass is 9.80. The minimum atomic E-state index is -2.71. The van der Waals surface area contributed by atoms with Crippen molar-refractivity contribution in [3.63, 3.8) is 0 Å². The van der Waals surface area contributed by atoms with Crippen LogP contribution >= 0.6 is 0 Å². The molecule has 124 valence electrons. The first kappa shape index (κ1) is 18.4. The van der Waals surface area contributed by atoms with E-state index in [1.807, 2.05) is 0 Å². The molecule has 21 heavy (non-hydrogen) atoms. The van der Waals surface area contributed by atoms with Crippen LogP contribution < -0.4 is 0 Å². The average molecular weight is 312 g/mol. The molecule has 1 fully saturated rings. The Morgan fingerprint density at radius 1 is 1.10 bits per heavy atom. The maximum atomic E-state index is 10.5. The monoisotopic (exact) mass is 312 g/mol. The summed E-state index contributed by atoms with van der Waals surface area (Å²) in [6, 6.07) is 0. The van der Waals surface area contributed by atoms with Crippen molar-refractivity contribution in [2.45, 2.75) is 48.3 Å². The van der Waals surface area contributed by atoms with Gasteiger partial charge >= 0.3 is 0 Å². The lowest BCUT2D eigenvalue weighted by Gasteiger charge is -2.47. The van der Waals surface area contributed by atoms with Crippen LogP contribution in [-0.2, 0) is 9.53 Å². The van der Waals surface area contributed by atoms with Crippen LogP contribution in [-0.4, -0.2) is 109 Å². The van der Waals surface area contributed by atoms with Crippen LogP contribution in [0.4, 0.5) is 0 Å². The van der Waals surface area contributed by atoms with E-state index in [-0.39, 0.29) is 6.29 Å². The van der Waals surface area contributed by atoms with Gasteiger partial charge in [-0.1, -0.05) is 0 Å². The van der Waals surface area contributed by atoms with Crippen molar-refractivity contribution >= 4 is 6.29 Å². The fourth-order valence-electron chi connectivity index (χ4n) is 2.24. The van der Waals surface area contributed by atoms with E-state index in [1.165, 1.54) is 0 Å². The fourth-order valence-corrected chi connectivity index (χ4v) is 2.24. The van der Waals surface area contributed by atoms with Gasteiger partial charge in [0, 0.05) is 0 Å². The molecule has 0 spiro atoms. The third-order valence-corrected chi connectivity index (χ3v) is 3.61. The minimum Gasteiger partial charge on any atom is -0.394 e. The number of aliphatic hydroxyl groups excluding tert-OH is 7. The van der Waals surface area contributed by atoms with Crippen LogP contribution in [0, 0.1) is 0 Å². The summed E-state index contributed by atoms with van der Waals surface area (Å²) in [5, 5.41) is 76.5. The van der Waals surface area contributed by atoms with Crippen LogP contribution in [0.15, 0.2) is 0 Å². The van der Waals surface area contributed by atoms with Gasteiger partial charge in [0.15, 0.2) is 6.29 Å². The van der Waals surface area contributed by atoms with E-state index in [0.29, 0.717) is 0 Å². The van der Waals surface area contributed by atoms with Gasteiger partial charge in [-0.05, 0) is 0 Å². The Bertz CT molecular complexity index is 350. The Labute approximate surface area is 119 Å². The van der Waals surface area contributed by atoms with Crippen molar-refractivity contribution in [1.82, 2.24) is 0 Å². The molecule has 1 rings (SSSR count). The third kappa shape index (κ3) is 3.23. The number of aliphatic hydroxyl groups is 8. The van der Waals surface area contributed by atoms with E-state index in [4.69, 9.17) is 9.84 Å². The molecule has 0 aromatic rings. The molecular weight excluding hydrogens is 292 g/mol. The summed E-state index contributed by atoms with van der Waals surface area (Å²) >= 11 is 0. The van der Waals surface area contributed by atoms with Gasteiger partial charge in [-0.25, -0.2) is 0 Å². The smallest absolute Gasteiger partial charge is 0.151 e. The van der Waals surface area contributed by atoms with Gasteiger partial charge in [0.2, 0.25) is 0 Å². The second-order valence-corrected chi connectivity index (χ2v) is 4.97. The highest BCUT2D eigenvalue weighted by Crippen LogP contribution is 2.31. The Balaban J connectivity index is 3.10. The zero-order valence-corrected chi connectivity index (χ0v) is 10.9. The highest BCUT2D eigenvalue weighted by Gasteiger charge is 2.56. The van der Waals surface area contributed by atoms with Crippen molar-refractivity contribution in [2.24, 2.45) is 0 Å².